The van der Waals surface area contributed by atoms with Crippen molar-refractivity contribution in [3.8, 4) is 0 Å². The van der Waals surface area contributed by atoms with Crippen LogP contribution in [0.25, 0.3) is 5.65 Å². The monoisotopic (exact) mass is 367 g/mol. The number of hydrogen-bond donors (Lipinski definition) is 0. The van der Waals surface area contributed by atoms with Gasteiger partial charge in [0, 0.05) is 49.7 Å². The van der Waals surface area contributed by atoms with Crippen LogP contribution in [-0.4, -0.2) is 62.5 Å². The number of carbonyl (C=O) groups excluding carboxylic acids is 1. The van der Waals surface area contributed by atoms with Gasteiger partial charge in [0.05, 0.1) is 0 Å². The van der Waals surface area contributed by atoms with Crippen LogP contribution in [0.5, 0.6) is 0 Å². The molecule has 2 atom stereocenters. The zero-order valence-corrected chi connectivity index (χ0v) is 16.4. The molecule has 0 spiro atoms. The fourth-order valence-corrected chi connectivity index (χ4v) is 5.13. The van der Waals surface area contributed by atoms with Gasteiger partial charge in [-0.25, -0.2) is 9.50 Å². The van der Waals surface area contributed by atoms with Crippen LogP contribution in [0.4, 0.5) is 0 Å². The molecule has 6 rings (SSSR count). The molecule has 3 aliphatic heterocycles. The predicted octanol–water partition coefficient (Wildman–Crippen LogP) is 2.68. The molecule has 0 aromatic carbocycles. The highest BCUT2D eigenvalue weighted by atomic mass is 16.2. The Hall–Kier alpha value is -1.95. The molecule has 2 aromatic heterocycles. The van der Waals surface area contributed by atoms with Gasteiger partial charge in [-0.05, 0) is 57.4 Å². The Balaban J connectivity index is 1.36. The van der Waals surface area contributed by atoms with E-state index in [1.54, 1.807) is 4.52 Å². The highest BCUT2D eigenvalue weighted by molar-refractivity contribution is 5.93. The number of aromatic nitrogens is 3. The largest absolute Gasteiger partial charge is 0.335 e. The summed E-state index contributed by atoms with van der Waals surface area (Å²) in [7, 11) is 0. The minimum absolute atomic E-state index is 0.0694. The van der Waals surface area contributed by atoms with E-state index < -0.39 is 0 Å². The van der Waals surface area contributed by atoms with Crippen molar-refractivity contribution < 1.29 is 4.79 Å². The van der Waals surface area contributed by atoms with Gasteiger partial charge < -0.3 is 4.90 Å². The summed E-state index contributed by atoms with van der Waals surface area (Å²) in [6.45, 7) is 8.10. The standard InChI is InChI=1S/C21H29N5O/c1-14-8-15(2)26-20(22-14)9-19(23-26)21(27)25-12-17-6-7-18(13-25)24(11-17)10-16-4-3-5-16/h8-9,16-18H,3-7,10-13H2,1-2H3. The molecule has 144 valence electrons. The maximum Gasteiger partial charge on any atom is 0.274 e. The molecular weight excluding hydrogens is 338 g/mol. The van der Waals surface area contributed by atoms with Gasteiger partial charge in [-0.2, -0.15) is 5.10 Å². The van der Waals surface area contributed by atoms with Gasteiger partial charge in [0.25, 0.3) is 5.91 Å². The second-order valence-electron chi connectivity index (χ2n) is 8.90. The molecule has 1 amide bonds. The second kappa shape index (κ2) is 6.59. The molecule has 4 fully saturated rings. The summed E-state index contributed by atoms with van der Waals surface area (Å²) in [5, 5.41) is 4.57. The van der Waals surface area contributed by atoms with E-state index in [2.05, 4.69) is 19.9 Å². The van der Waals surface area contributed by atoms with Crippen LogP contribution < -0.4 is 0 Å². The average molecular weight is 367 g/mol. The fraction of sp³-hybridized carbons (Fsp3) is 0.667. The quantitative estimate of drug-likeness (QED) is 0.837. The SMILES string of the molecule is Cc1cc(C)n2nc(C(=O)N3CC4CCC(C3)N(CC3CCC3)C4)cc2n1. The van der Waals surface area contributed by atoms with Crippen molar-refractivity contribution in [2.75, 3.05) is 26.2 Å². The molecular formula is C21H29N5O. The summed E-state index contributed by atoms with van der Waals surface area (Å²) < 4.78 is 1.79. The van der Waals surface area contributed by atoms with Crippen LogP contribution in [0.2, 0.25) is 0 Å². The Bertz CT molecular complexity index is 871. The van der Waals surface area contributed by atoms with E-state index in [-0.39, 0.29) is 5.91 Å². The lowest BCUT2D eigenvalue weighted by atomic mass is 9.83. The van der Waals surface area contributed by atoms with Crippen molar-refractivity contribution in [3.63, 3.8) is 0 Å². The van der Waals surface area contributed by atoms with Crippen LogP contribution in [0.1, 0.15) is 54.0 Å². The van der Waals surface area contributed by atoms with Gasteiger partial charge in [-0.15, -0.1) is 0 Å². The Morgan fingerprint density at radius 2 is 1.96 bits per heavy atom. The fourth-order valence-electron chi connectivity index (χ4n) is 5.13. The number of rotatable bonds is 3. The molecule has 6 heteroatoms. The van der Waals surface area contributed by atoms with E-state index in [0.29, 0.717) is 17.7 Å². The molecule has 27 heavy (non-hydrogen) atoms. The van der Waals surface area contributed by atoms with Gasteiger partial charge in [-0.3, -0.25) is 9.69 Å². The number of piperidine rings is 1. The number of fused-ring (bicyclic) bond motifs is 5. The molecule has 2 bridgehead atoms. The molecule has 0 N–H and O–H groups in total. The Labute approximate surface area is 160 Å². The lowest BCUT2D eigenvalue weighted by molar-refractivity contribution is 0.0711. The van der Waals surface area contributed by atoms with Crippen molar-refractivity contribution in [3.05, 3.63) is 29.2 Å². The summed E-state index contributed by atoms with van der Waals surface area (Å²) >= 11 is 0. The second-order valence-corrected chi connectivity index (χ2v) is 8.90. The van der Waals surface area contributed by atoms with Gasteiger partial charge >= 0.3 is 0 Å². The van der Waals surface area contributed by atoms with E-state index in [9.17, 15) is 4.79 Å². The third-order valence-corrected chi connectivity index (χ3v) is 6.78. The topological polar surface area (TPSA) is 53.7 Å². The third kappa shape index (κ3) is 3.14. The molecule has 4 aliphatic rings. The van der Waals surface area contributed by atoms with E-state index in [1.165, 1.54) is 38.6 Å². The highest BCUT2D eigenvalue weighted by Gasteiger charge is 2.38. The normalized spacial score (nSPS) is 26.4. The molecule has 1 saturated carbocycles. The number of carbonyl (C=O) groups is 1. The summed E-state index contributed by atoms with van der Waals surface area (Å²) in [5.74, 6) is 1.57. The van der Waals surface area contributed by atoms with Crippen molar-refractivity contribution in [1.29, 1.82) is 0 Å². The smallest absolute Gasteiger partial charge is 0.274 e. The molecule has 5 heterocycles. The summed E-state index contributed by atoms with van der Waals surface area (Å²) in [6, 6.07) is 4.37. The zero-order valence-electron chi connectivity index (χ0n) is 16.4. The van der Waals surface area contributed by atoms with Crippen molar-refractivity contribution >= 4 is 11.6 Å². The first-order chi connectivity index (χ1) is 13.1. The van der Waals surface area contributed by atoms with Gasteiger partial charge in [0.15, 0.2) is 11.3 Å². The van der Waals surface area contributed by atoms with Crippen molar-refractivity contribution in [1.82, 2.24) is 24.4 Å². The zero-order chi connectivity index (χ0) is 18.5. The van der Waals surface area contributed by atoms with Crippen LogP contribution in [0.3, 0.4) is 0 Å². The molecule has 1 aliphatic carbocycles. The van der Waals surface area contributed by atoms with E-state index in [4.69, 9.17) is 0 Å². The summed E-state index contributed by atoms with van der Waals surface area (Å²) in [6.07, 6.45) is 6.66. The number of nitrogens with zero attached hydrogens (tertiary/aromatic N) is 5. The molecule has 2 aromatic rings. The van der Waals surface area contributed by atoms with E-state index in [0.717, 1.165) is 42.6 Å². The molecule has 3 saturated heterocycles. The van der Waals surface area contributed by atoms with Crippen molar-refractivity contribution in [2.45, 2.75) is 52.0 Å². The van der Waals surface area contributed by atoms with Crippen LogP contribution in [0.15, 0.2) is 12.1 Å². The van der Waals surface area contributed by atoms with E-state index >= 15 is 0 Å². The highest BCUT2D eigenvalue weighted by Crippen LogP contribution is 2.33. The summed E-state index contributed by atoms with van der Waals surface area (Å²) in [4.78, 5) is 22.5. The van der Waals surface area contributed by atoms with Crippen molar-refractivity contribution in [2.24, 2.45) is 11.8 Å². The maximum atomic E-state index is 13.2. The first kappa shape index (κ1) is 17.2. The Kier molecular flexibility index (Phi) is 4.19. The molecule has 6 nitrogen and oxygen atoms in total. The Morgan fingerprint density at radius 3 is 2.74 bits per heavy atom. The van der Waals surface area contributed by atoms with Gasteiger partial charge in [-0.1, -0.05) is 6.42 Å². The minimum Gasteiger partial charge on any atom is -0.335 e. The van der Waals surface area contributed by atoms with Crippen LogP contribution in [-0.2, 0) is 0 Å². The van der Waals surface area contributed by atoms with E-state index in [1.807, 2.05) is 26.0 Å². The minimum atomic E-state index is 0.0694. The first-order valence-corrected chi connectivity index (χ1v) is 10.4. The van der Waals surface area contributed by atoms with Gasteiger partial charge in [0.2, 0.25) is 0 Å². The lowest BCUT2D eigenvalue weighted by Gasteiger charge is -2.40. The summed E-state index contributed by atoms with van der Waals surface area (Å²) in [5.41, 5.74) is 3.26. The number of hydrogen-bond acceptors (Lipinski definition) is 4. The number of aryl methyl sites for hydroxylation is 2. The molecule has 2 unspecified atom stereocenters. The van der Waals surface area contributed by atoms with Gasteiger partial charge in [0.1, 0.15) is 0 Å². The number of amides is 1. The first-order valence-electron chi connectivity index (χ1n) is 10.4. The van der Waals surface area contributed by atoms with Crippen LogP contribution >= 0.6 is 0 Å². The average Bonchev–Trinajstić information content (AvgIpc) is 2.82. The lowest BCUT2D eigenvalue weighted by Crippen LogP contribution is -2.47. The predicted molar refractivity (Wildman–Crippen MR) is 104 cm³/mol. The maximum absolute atomic E-state index is 13.2. The third-order valence-electron chi connectivity index (χ3n) is 6.78. The Morgan fingerprint density at radius 1 is 1.11 bits per heavy atom. The van der Waals surface area contributed by atoms with Crippen LogP contribution in [0, 0.1) is 25.7 Å². The molecule has 0 radical (unpaired) electrons.